The highest BCUT2D eigenvalue weighted by molar-refractivity contribution is 14.1. The molecule has 1 aromatic rings. The van der Waals surface area contributed by atoms with E-state index in [1.54, 1.807) is 7.11 Å². The number of ether oxygens (including phenoxy) is 2. The molecular formula is C16H25IO2. The molecule has 108 valence electrons. The minimum absolute atomic E-state index is 0.176. The Hall–Kier alpha value is -0.450. The maximum absolute atomic E-state index is 6.00. The number of benzene rings is 1. The Morgan fingerprint density at radius 2 is 1.63 bits per heavy atom. The van der Waals surface area contributed by atoms with E-state index in [9.17, 15) is 0 Å². The molecule has 1 atom stereocenters. The zero-order chi connectivity index (χ0) is 14.6. The number of alkyl halides is 1. The molecule has 0 saturated heterocycles. The van der Waals surface area contributed by atoms with Gasteiger partial charge in [0.05, 0.1) is 13.2 Å². The molecule has 0 heterocycles. The van der Waals surface area contributed by atoms with Crippen LogP contribution in [0.3, 0.4) is 0 Å². The summed E-state index contributed by atoms with van der Waals surface area (Å²) < 4.78 is 12.1. The van der Waals surface area contributed by atoms with E-state index in [0.29, 0.717) is 9.84 Å². The van der Waals surface area contributed by atoms with Crippen molar-refractivity contribution in [1.82, 2.24) is 0 Å². The van der Waals surface area contributed by atoms with Gasteiger partial charge in [-0.15, -0.1) is 0 Å². The largest absolute Gasteiger partial charge is 0.496 e. The van der Waals surface area contributed by atoms with Gasteiger partial charge >= 0.3 is 0 Å². The molecule has 0 aromatic heterocycles. The summed E-state index contributed by atoms with van der Waals surface area (Å²) in [4.78, 5) is 0. The first kappa shape index (κ1) is 16.6. The van der Waals surface area contributed by atoms with Crippen molar-refractivity contribution in [2.75, 3.05) is 7.11 Å². The van der Waals surface area contributed by atoms with E-state index in [-0.39, 0.29) is 6.10 Å². The highest BCUT2D eigenvalue weighted by atomic mass is 127. The third-order valence-electron chi connectivity index (χ3n) is 2.93. The van der Waals surface area contributed by atoms with Gasteiger partial charge < -0.3 is 9.47 Å². The van der Waals surface area contributed by atoms with Crippen LogP contribution in [-0.4, -0.2) is 17.1 Å². The van der Waals surface area contributed by atoms with Crippen molar-refractivity contribution in [3.63, 3.8) is 0 Å². The summed E-state index contributed by atoms with van der Waals surface area (Å²) >= 11 is 2.44. The standard InChI is InChI=1S/C16H25IO2/c1-10(2)13-8-15(18-6)14(7-12(5)17)16(9-13)19-11(3)4/h8-12H,7H2,1-6H3. The van der Waals surface area contributed by atoms with Crippen LogP contribution in [0, 0.1) is 0 Å². The second kappa shape index (κ2) is 7.36. The molecule has 0 N–H and O–H groups in total. The molecule has 1 rings (SSSR count). The fourth-order valence-corrected chi connectivity index (χ4v) is 2.44. The van der Waals surface area contributed by atoms with Gasteiger partial charge in [0.2, 0.25) is 0 Å². The van der Waals surface area contributed by atoms with E-state index < -0.39 is 0 Å². The molecule has 1 aromatic carbocycles. The molecule has 0 saturated carbocycles. The third kappa shape index (κ3) is 4.86. The Morgan fingerprint density at radius 3 is 2.05 bits per heavy atom. The van der Waals surface area contributed by atoms with E-state index in [4.69, 9.17) is 9.47 Å². The van der Waals surface area contributed by atoms with E-state index in [0.717, 1.165) is 17.9 Å². The summed E-state index contributed by atoms with van der Waals surface area (Å²) in [7, 11) is 1.74. The smallest absolute Gasteiger partial charge is 0.126 e. The maximum Gasteiger partial charge on any atom is 0.126 e. The summed E-state index contributed by atoms with van der Waals surface area (Å²) in [5.74, 6) is 2.39. The quantitative estimate of drug-likeness (QED) is 0.516. The molecule has 0 aliphatic carbocycles. The Morgan fingerprint density at radius 1 is 1.05 bits per heavy atom. The summed E-state index contributed by atoms with van der Waals surface area (Å²) in [5, 5.41) is 0. The zero-order valence-corrected chi connectivity index (χ0v) is 14.9. The minimum Gasteiger partial charge on any atom is -0.496 e. The molecule has 19 heavy (non-hydrogen) atoms. The lowest BCUT2D eigenvalue weighted by molar-refractivity contribution is 0.238. The van der Waals surface area contributed by atoms with Crippen LogP contribution in [0.1, 0.15) is 51.7 Å². The van der Waals surface area contributed by atoms with Crippen LogP contribution in [0.25, 0.3) is 0 Å². The number of halogens is 1. The lowest BCUT2D eigenvalue weighted by Crippen LogP contribution is -2.11. The predicted octanol–water partition coefficient (Wildman–Crippen LogP) is 4.97. The topological polar surface area (TPSA) is 18.5 Å². The molecule has 1 unspecified atom stereocenters. The first-order chi connectivity index (χ1) is 8.85. The van der Waals surface area contributed by atoms with Crippen molar-refractivity contribution in [1.29, 1.82) is 0 Å². The molecule has 0 aliphatic rings. The molecule has 2 nitrogen and oxygen atoms in total. The molecule has 0 fully saturated rings. The summed E-state index contributed by atoms with van der Waals surface area (Å²) in [5.41, 5.74) is 2.44. The van der Waals surface area contributed by atoms with Gasteiger partial charge in [0.15, 0.2) is 0 Å². The SMILES string of the molecule is COc1cc(C(C)C)cc(OC(C)C)c1CC(C)I. The molecular weight excluding hydrogens is 351 g/mol. The average molecular weight is 376 g/mol. The number of rotatable bonds is 6. The average Bonchev–Trinajstić information content (AvgIpc) is 2.29. The fourth-order valence-electron chi connectivity index (χ4n) is 2.00. The van der Waals surface area contributed by atoms with E-state index >= 15 is 0 Å². The second-order valence-corrected chi connectivity index (χ2v) is 7.63. The zero-order valence-electron chi connectivity index (χ0n) is 12.8. The monoisotopic (exact) mass is 376 g/mol. The summed E-state index contributed by atoms with van der Waals surface area (Å²) in [6.45, 7) is 10.7. The molecule has 3 heteroatoms. The maximum atomic E-state index is 6.00. The van der Waals surface area contributed by atoms with Crippen molar-refractivity contribution in [3.8, 4) is 11.5 Å². The van der Waals surface area contributed by atoms with Gasteiger partial charge in [-0.3, -0.25) is 0 Å². The number of methoxy groups -OCH3 is 1. The predicted molar refractivity (Wildman–Crippen MR) is 90.0 cm³/mol. The highest BCUT2D eigenvalue weighted by Gasteiger charge is 2.17. The van der Waals surface area contributed by atoms with Crippen molar-refractivity contribution in [3.05, 3.63) is 23.3 Å². The van der Waals surface area contributed by atoms with Crippen molar-refractivity contribution < 1.29 is 9.47 Å². The highest BCUT2D eigenvalue weighted by Crippen LogP contribution is 2.35. The van der Waals surface area contributed by atoms with Crippen molar-refractivity contribution in [2.24, 2.45) is 0 Å². The Bertz CT molecular complexity index is 411. The van der Waals surface area contributed by atoms with Crippen molar-refractivity contribution in [2.45, 2.75) is 57.0 Å². The lowest BCUT2D eigenvalue weighted by Gasteiger charge is -2.20. The van der Waals surface area contributed by atoms with Crippen LogP contribution < -0.4 is 9.47 Å². The van der Waals surface area contributed by atoms with Gasteiger partial charge in [0.1, 0.15) is 11.5 Å². The van der Waals surface area contributed by atoms with Crippen LogP contribution in [0.5, 0.6) is 11.5 Å². The normalized spacial score (nSPS) is 12.9. The molecule has 0 radical (unpaired) electrons. The van der Waals surface area contributed by atoms with Gasteiger partial charge in [0, 0.05) is 9.49 Å². The molecule has 0 amide bonds. The van der Waals surface area contributed by atoms with Gasteiger partial charge in [-0.2, -0.15) is 0 Å². The Labute approximate surface area is 131 Å². The van der Waals surface area contributed by atoms with Crippen LogP contribution in [0.4, 0.5) is 0 Å². The Kier molecular flexibility index (Phi) is 6.43. The fraction of sp³-hybridized carbons (Fsp3) is 0.625. The summed E-state index contributed by atoms with van der Waals surface area (Å²) in [6, 6.07) is 4.31. The van der Waals surface area contributed by atoms with E-state index in [1.807, 2.05) is 0 Å². The number of hydrogen-bond donors (Lipinski definition) is 0. The second-order valence-electron chi connectivity index (χ2n) is 5.51. The third-order valence-corrected chi connectivity index (χ3v) is 3.37. The van der Waals surface area contributed by atoms with Gasteiger partial charge in [-0.1, -0.05) is 43.4 Å². The van der Waals surface area contributed by atoms with Crippen LogP contribution in [-0.2, 0) is 6.42 Å². The van der Waals surface area contributed by atoms with Gasteiger partial charge in [-0.05, 0) is 43.9 Å². The first-order valence-corrected chi connectivity index (χ1v) is 8.11. The van der Waals surface area contributed by atoms with Crippen LogP contribution in [0.15, 0.2) is 12.1 Å². The van der Waals surface area contributed by atoms with Gasteiger partial charge in [-0.25, -0.2) is 0 Å². The van der Waals surface area contributed by atoms with Crippen LogP contribution >= 0.6 is 22.6 Å². The molecule has 0 bridgehead atoms. The van der Waals surface area contributed by atoms with Crippen LogP contribution in [0.2, 0.25) is 0 Å². The van der Waals surface area contributed by atoms with E-state index in [1.165, 1.54) is 11.1 Å². The lowest BCUT2D eigenvalue weighted by atomic mass is 9.98. The summed E-state index contributed by atoms with van der Waals surface area (Å²) in [6.07, 6.45) is 1.14. The van der Waals surface area contributed by atoms with E-state index in [2.05, 4.69) is 69.3 Å². The van der Waals surface area contributed by atoms with Gasteiger partial charge in [0.25, 0.3) is 0 Å². The minimum atomic E-state index is 0.176. The number of hydrogen-bond acceptors (Lipinski definition) is 2. The van der Waals surface area contributed by atoms with Crippen molar-refractivity contribution >= 4 is 22.6 Å². The Balaban J connectivity index is 3.29. The molecule has 0 spiro atoms. The first-order valence-electron chi connectivity index (χ1n) is 6.86. The molecule has 0 aliphatic heterocycles.